The molecular weight excluding hydrogens is 430 g/mol. The van der Waals surface area contributed by atoms with Crippen molar-refractivity contribution in [2.45, 2.75) is 56.7 Å². The summed E-state index contributed by atoms with van der Waals surface area (Å²) in [6, 6.07) is 0. The summed E-state index contributed by atoms with van der Waals surface area (Å²) in [5, 5.41) is 39.7. The van der Waals surface area contributed by atoms with Crippen LogP contribution >= 0.6 is 0 Å². The summed E-state index contributed by atoms with van der Waals surface area (Å²) in [5.74, 6) is -1.03. The van der Waals surface area contributed by atoms with Crippen LogP contribution in [0, 0.1) is 0 Å². The lowest BCUT2D eigenvalue weighted by Gasteiger charge is -2.35. The molecule has 188 valence electrons. The van der Waals surface area contributed by atoms with Crippen LogP contribution in [0.15, 0.2) is 0 Å². The Kier molecular flexibility index (Phi) is 16.2. The Bertz CT molecular complexity index is 508. The summed E-state index contributed by atoms with van der Waals surface area (Å²) in [6.07, 6.45) is -1.38. The van der Waals surface area contributed by atoms with Crippen molar-refractivity contribution in [2.75, 3.05) is 59.4 Å². The first kappa shape index (κ1) is 28.7. The average molecular weight is 468 g/mol. The van der Waals surface area contributed by atoms with Crippen LogP contribution in [-0.4, -0.2) is 116 Å². The van der Waals surface area contributed by atoms with Gasteiger partial charge < -0.3 is 49.4 Å². The number of aliphatic hydroxyl groups excluding tert-OH is 3. The largest absolute Gasteiger partial charge is 0.481 e. The number of unbranched alkanes of at least 4 members (excludes halogenated alkanes) is 2. The summed E-state index contributed by atoms with van der Waals surface area (Å²) in [5.41, 5.74) is 0. The first-order valence-corrected chi connectivity index (χ1v) is 10.9. The first-order valence-electron chi connectivity index (χ1n) is 10.9. The van der Waals surface area contributed by atoms with Crippen molar-refractivity contribution in [1.82, 2.24) is 5.32 Å². The van der Waals surface area contributed by atoms with Gasteiger partial charge in [0.15, 0.2) is 6.29 Å². The highest BCUT2D eigenvalue weighted by Gasteiger charge is 2.36. The maximum absolute atomic E-state index is 11.6. The minimum Gasteiger partial charge on any atom is -0.481 e. The van der Waals surface area contributed by atoms with E-state index in [1.54, 1.807) is 0 Å². The van der Waals surface area contributed by atoms with E-state index in [-0.39, 0.29) is 38.6 Å². The van der Waals surface area contributed by atoms with Gasteiger partial charge >= 0.3 is 5.97 Å². The van der Waals surface area contributed by atoms with Crippen LogP contribution in [0.1, 0.15) is 32.1 Å². The summed E-state index contributed by atoms with van der Waals surface area (Å²) in [4.78, 5) is 21.9. The summed E-state index contributed by atoms with van der Waals surface area (Å²) >= 11 is 0. The van der Waals surface area contributed by atoms with Gasteiger partial charge in [0.2, 0.25) is 5.91 Å². The van der Waals surface area contributed by atoms with Gasteiger partial charge in [0.25, 0.3) is 0 Å². The van der Waals surface area contributed by atoms with Gasteiger partial charge in [-0.2, -0.15) is 0 Å². The molecular formula is C20H37NO11. The maximum atomic E-state index is 11.6. The van der Waals surface area contributed by atoms with Gasteiger partial charge in [-0.05, 0) is 12.8 Å². The molecule has 0 aromatic carbocycles. The van der Waals surface area contributed by atoms with Gasteiger partial charge in [-0.1, -0.05) is 6.42 Å². The van der Waals surface area contributed by atoms with Gasteiger partial charge in [-0.3, -0.25) is 9.59 Å². The smallest absolute Gasteiger partial charge is 0.303 e. The van der Waals surface area contributed by atoms with Crippen molar-refractivity contribution in [2.24, 2.45) is 0 Å². The van der Waals surface area contributed by atoms with Crippen molar-refractivity contribution >= 4 is 11.9 Å². The number of carbonyl (C=O) groups is 2. The van der Waals surface area contributed by atoms with Crippen LogP contribution in [0.2, 0.25) is 0 Å². The Labute approximate surface area is 187 Å². The molecule has 0 bridgehead atoms. The fourth-order valence-corrected chi connectivity index (χ4v) is 2.87. The van der Waals surface area contributed by atoms with Crippen LogP contribution in [0.3, 0.4) is 0 Å². The van der Waals surface area contributed by atoms with Crippen LogP contribution in [0.5, 0.6) is 0 Å². The zero-order chi connectivity index (χ0) is 23.6. The molecule has 0 aromatic rings. The monoisotopic (exact) mass is 467 g/mol. The maximum Gasteiger partial charge on any atom is 0.303 e. The topological polar surface area (TPSA) is 173 Å². The van der Waals surface area contributed by atoms with Crippen LogP contribution in [0.25, 0.3) is 0 Å². The third-order valence-corrected chi connectivity index (χ3v) is 4.61. The van der Waals surface area contributed by atoms with Gasteiger partial charge in [0, 0.05) is 19.4 Å². The summed E-state index contributed by atoms with van der Waals surface area (Å²) in [6.45, 7) is 1.84. The molecule has 1 fully saturated rings. The third kappa shape index (κ3) is 13.9. The number of carboxylic acid groups (broad SMARTS) is 1. The van der Waals surface area contributed by atoms with Crippen molar-refractivity contribution in [3.63, 3.8) is 0 Å². The highest BCUT2D eigenvalue weighted by molar-refractivity contribution is 5.77. The number of hydrogen-bond acceptors (Lipinski definition) is 10. The SMILES string of the molecule is O=C(O)CCCCCNC(=O)COCCOCCOCCO[C@H]1C[C@@H](O)[C@@H](O)[C@@H](CO)O1. The van der Waals surface area contributed by atoms with E-state index >= 15 is 0 Å². The molecule has 1 heterocycles. The number of aliphatic carboxylic acids is 1. The van der Waals surface area contributed by atoms with E-state index in [0.717, 1.165) is 12.8 Å². The molecule has 32 heavy (non-hydrogen) atoms. The summed E-state index contributed by atoms with van der Waals surface area (Å²) < 4.78 is 26.6. The van der Waals surface area contributed by atoms with Gasteiger partial charge in [-0.15, -0.1) is 0 Å². The minimum atomic E-state index is -1.13. The number of rotatable bonds is 19. The Morgan fingerprint density at radius 1 is 0.938 bits per heavy atom. The molecule has 0 saturated carbocycles. The molecule has 5 N–H and O–H groups in total. The molecule has 0 aromatic heterocycles. The van der Waals surface area contributed by atoms with E-state index in [1.807, 2.05) is 0 Å². The standard InChI is InChI=1S/C20H37NO11/c22-13-16-20(27)15(23)12-19(32-16)31-11-10-29-7-6-28-8-9-30-14-17(24)21-5-3-1-2-4-18(25)26/h15-16,19-20,22-23,27H,1-14H2,(H,21,24)(H,25,26)/t15-,16-,19-,20-/m1/s1. The molecule has 4 atom stereocenters. The van der Waals surface area contributed by atoms with E-state index in [9.17, 15) is 19.8 Å². The molecule has 0 radical (unpaired) electrons. The molecule has 1 saturated heterocycles. The Morgan fingerprint density at radius 3 is 2.25 bits per heavy atom. The molecule has 0 spiro atoms. The predicted octanol–water partition coefficient (Wildman–Crippen LogP) is -1.36. The van der Waals surface area contributed by atoms with E-state index in [4.69, 9.17) is 33.9 Å². The lowest BCUT2D eigenvalue weighted by molar-refractivity contribution is -0.259. The second kappa shape index (κ2) is 18.1. The highest BCUT2D eigenvalue weighted by atomic mass is 16.7. The fraction of sp³-hybridized carbons (Fsp3) is 0.900. The molecule has 12 heteroatoms. The zero-order valence-electron chi connectivity index (χ0n) is 18.4. The van der Waals surface area contributed by atoms with Gasteiger partial charge in [0.1, 0.15) is 18.8 Å². The average Bonchev–Trinajstić information content (AvgIpc) is 2.76. The number of amides is 1. The van der Waals surface area contributed by atoms with Crippen LogP contribution in [0.4, 0.5) is 0 Å². The molecule has 1 aliphatic rings. The predicted molar refractivity (Wildman–Crippen MR) is 110 cm³/mol. The molecule has 0 aliphatic carbocycles. The molecule has 1 amide bonds. The second-order valence-electron chi connectivity index (χ2n) is 7.28. The number of nitrogens with one attached hydrogen (secondary N) is 1. The lowest BCUT2D eigenvalue weighted by atomic mass is 10.0. The Balaban J connectivity index is 1.84. The number of ether oxygens (including phenoxy) is 5. The van der Waals surface area contributed by atoms with Crippen LogP contribution < -0.4 is 5.32 Å². The van der Waals surface area contributed by atoms with Crippen molar-refractivity contribution in [3.8, 4) is 0 Å². The minimum absolute atomic E-state index is 0.0571. The van der Waals surface area contributed by atoms with Gasteiger partial charge in [0.05, 0.1) is 52.4 Å². The highest BCUT2D eigenvalue weighted by Crippen LogP contribution is 2.20. The second-order valence-corrected chi connectivity index (χ2v) is 7.28. The van der Waals surface area contributed by atoms with E-state index < -0.39 is 37.2 Å². The Morgan fingerprint density at radius 2 is 1.59 bits per heavy atom. The van der Waals surface area contributed by atoms with Crippen molar-refractivity contribution in [1.29, 1.82) is 0 Å². The molecule has 12 nitrogen and oxygen atoms in total. The number of carboxylic acids is 1. The lowest BCUT2D eigenvalue weighted by Crippen LogP contribution is -2.50. The quantitative estimate of drug-likeness (QED) is 0.142. The number of hydrogen-bond donors (Lipinski definition) is 5. The van der Waals surface area contributed by atoms with Crippen molar-refractivity contribution in [3.05, 3.63) is 0 Å². The van der Waals surface area contributed by atoms with Gasteiger partial charge in [-0.25, -0.2) is 0 Å². The van der Waals surface area contributed by atoms with E-state index in [1.165, 1.54) is 0 Å². The van der Waals surface area contributed by atoms with E-state index in [0.29, 0.717) is 39.4 Å². The zero-order valence-corrected chi connectivity index (χ0v) is 18.4. The normalized spacial score (nSPS) is 23.2. The molecule has 1 rings (SSSR count). The molecule has 0 unspecified atom stereocenters. The van der Waals surface area contributed by atoms with E-state index in [2.05, 4.69) is 5.32 Å². The summed E-state index contributed by atoms with van der Waals surface area (Å²) in [7, 11) is 0. The Hall–Kier alpha value is -1.38. The number of carbonyl (C=O) groups excluding carboxylic acids is 1. The van der Waals surface area contributed by atoms with Crippen molar-refractivity contribution < 1.29 is 53.7 Å². The number of aliphatic hydroxyl groups is 3. The molecule has 1 aliphatic heterocycles. The first-order chi connectivity index (χ1) is 15.4. The van der Waals surface area contributed by atoms with Crippen LogP contribution in [-0.2, 0) is 33.3 Å². The fourth-order valence-electron chi connectivity index (χ4n) is 2.87. The third-order valence-electron chi connectivity index (χ3n) is 4.61.